The van der Waals surface area contributed by atoms with Gasteiger partial charge in [-0.2, -0.15) is 13.2 Å². The Hall–Kier alpha value is -1.14. The molecule has 1 rings (SSSR count). The zero-order valence-corrected chi connectivity index (χ0v) is 12.2. The Kier molecular flexibility index (Phi) is 5.95. The van der Waals surface area contributed by atoms with E-state index < -0.39 is 12.2 Å². The molecule has 1 atom stereocenters. The molecular weight excluding hydrogens is 295 g/mol. The summed E-state index contributed by atoms with van der Waals surface area (Å²) >= 11 is 5.94. The Morgan fingerprint density at radius 2 is 1.65 bits per heavy atom. The highest BCUT2D eigenvalue weighted by Crippen LogP contribution is 2.41. The molecule has 114 valence electrons. The van der Waals surface area contributed by atoms with Gasteiger partial charge in [0.05, 0.1) is 13.2 Å². The molecule has 0 aliphatic heterocycles. The van der Waals surface area contributed by atoms with Gasteiger partial charge in [0.25, 0.3) is 0 Å². The molecule has 0 aliphatic rings. The fourth-order valence-corrected chi connectivity index (χ4v) is 2.07. The van der Waals surface area contributed by atoms with Crippen molar-refractivity contribution in [3.05, 3.63) is 22.7 Å². The maximum absolute atomic E-state index is 13.0. The first kappa shape index (κ1) is 16.9. The number of nitrogens with one attached hydrogen (secondary N) is 1. The van der Waals surface area contributed by atoms with Crippen LogP contribution in [0.15, 0.2) is 12.1 Å². The summed E-state index contributed by atoms with van der Waals surface area (Å²) < 4.78 is 49.5. The molecule has 0 saturated heterocycles. The Balaban J connectivity index is 3.29. The standard InChI is InChI=1S/C13H17ClF3NO2/c1-4-19-10-6-8(12(18-3)13(15,16)17)9(14)7-11(10)20-5-2/h6-7,12,18H,4-5H2,1-3H3. The van der Waals surface area contributed by atoms with Crippen molar-refractivity contribution in [1.82, 2.24) is 5.32 Å². The minimum absolute atomic E-state index is 0.0198. The predicted octanol–water partition coefficient (Wildman–Crippen LogP) is 3.96. The summed E-state index contributed by atoms with van der Waals surface area (Å²) in [6.07, 6.45) is -4.45. The quantitative estimate of drug-likeness (QED) is 0.862. The summed E-state index contributed by atoms with van der Waals surface area (Å²) in [5.41, 5.74) is -0.0893. The van der Waals surface area contributed by atoms with E-state index in [-0.39, 0.29) is 16.3 Å². The molecular formula is C13H17ClF3NO2. The van der Waals surface area contributed by atoms with Crippen molar-refractivity contribution in [2.75, 3.05) is 20.3 Å². The van der Waals surface area contributed by atoms with Crippen molar-refractivity contribution in [2.24, 2.45) is 0 Å². The molecule has 0 aliphatic carbocycles. The van der Waals surface area contributed by atoms with E-state index in [2.05, 4.69) is 5.32 Å². The molecule has 0 saturated carbocycles. The van der Waals surface area contributed by atoms with Crippen molar-refractivity contribution in [2.45, 2.75) is 26.1 Å². The molecule has 20 heavy (non-hydrogen) atoms. The summed E-state index contributed by atoms with van der Waals surface area (Å²) in [6, 6.07) is 0.761. The van der Waals surface area contributed by atoms with E-state index in [0.717, 1.165) is 0 Å². The van der Waals surface area contributed by atoms with E-state index in [1.807, 2.05) is 0 Å². The van der Waals surface area contributed by atoms with Gasteiger partial charge in [-0.25, -0.2) is 0 Å². The molecule has 1 N–H and O–H groups in total. The third-order valence-electron chi connectivity index (χ3n) is 2.59. The van der Waals surface area contributed by atoms with Crippen LogP contribution in [0.1, 0.15) is 25.5 Å². The monoisotopic (exact) mass is 311 g/mol. The number of ether oxygens (including phenoxy) is 2. The number of alkyl halides is 3. The van der Waals surface area contributed by atoms with E-state index in [0.29, 0.717) is 19.0 Å². The van der Waals surface area contributed by atoms with Gasteiger partial charge in [-0.1, -0.05) is 11.6 Å². The van der Waals surface area contributed by atoms with Crippen LogP contribution in [-0.2, 0) is 0 Å². The molecule has 7 heteroatoms. The number of hydrogen-bond donors (Lipinski definition) is 1. The van der Waals surface area contributed by atoms with Crippen molar-refractivity contribution < 1.29 is 22.6 Å². The lowest BCUT2D eigenvalue weighted by Crippen LogP contribution is -2.31. The number of rotatable bonds is 6. The van der Waals surface area contributed by atoms with Crippen LogP contribution < -0.4 is 14.8 Å². The highest BCUT2D eigenvalue weighted by Gasteiger charge is 2.41. The molecule has 0 fully saturated rings. The SMILES string of the molecule is CCOc1cc(Cl)c(C(NC)C(F)(F)F)cc1OCC. The topological polar surface area (TPSA) is 30.5 Å². The van der Waals surface area contributed by atoms with Crippen LogP contribution in [-0.4, -0.2) is 26.4 Å². The van der Waals surface area contributed by atoms with Crippen LogP contribution >= 0.6 is 11.6 Å². The maximum atomic E-state index is 13.0. The predicted molar refractivity (Wildman–Crippen MR) is 71.6 cm³/mol. The van der Waals surface area contributed by atoms with Crippen LogP contribution in [0.3, 0.4) is 0 Å². The first-order valence-electron chi connectivity index (χ1n) is 6.18. The van der Waals surface area contributed by atoms with Crippen molar-refractivity contribution in [1.29, 1.82) is 0 Å². The third-order valence-corrected chi connectivity index (χ3v) is 2.92. The van der Waals surface area contributed by atoms with Gasteiger partial charge < -0.3 is 14.8 Å². The summed E-state index contributed by atoms with van der Waals surface area (Å²) in [4.78, 5) is 0. The smallest absolute Gasteiger partial charge is 0.407 e. The third kappa shape index (κ3) is 3.93. The van der Waals surface area contributed by atoms with Crippen molar-refractivity contribution in [3.8, 4) is 11.5 Å². The van der Waals surface area contributed by atoms with Crippen LogP contribution in [0, 0.1) is 0 Å². The molecule has 1 aromatic carbocycles. The minimum atomic E-state index is -4.45. The Morgan fingerprint density at radius 3 is 2.05 bits per heavy atom. The van der Waals surface area contributed by atoms with E-state index in [9.17, 15) is 13.2 Å². The highest BCUT2D eigenvalue weighted by atomic mass is 35.5. The zero-order valence-electron chi connectivity index (χ0n) is 11.5. The second-order valence-corrected chi connectivity index (χ2v) is 4.36. The average molecular weight is 312 g/mol. The molecule has 0 bridgehead atoms. The summed E-state index contributed by atoms with van der Waals surface area (Å²) in [5.74, 6) is 0.582. The lowest BCUT2D eigenvalue weighted by atomic mass is 10.1. The fraction of sp³-hybridized carbons (Fsp3) is 0.538. The lowest BCUT2D eigenvalue weighted by Gasteiger charge is -2.22. The molecule has 0 aromatic heterocycles. The van der Waals surface area contributed by atoms with Crippen LogP contribution in [0.25, 0.3) is 0 Å². The molecule has 3 nitrogen and oxygen atoms in total. The van der Waals surface area contributed by atoms with E-state index in [4.69, 9.17) is 21.1 Å². The van der Waals surface area contributed by atoms with E-state index >= 15 is 0 Å². The highest BCUT2D eigenvalue weighted by molar-refractivity contribution is 6.31. The van der Waals surface area contributed by atoms with E-state index in [1.165, 1.54) is 19.2 Å². The van der Waals surface area contributed by atoms with Gasteiger partial charge in [0, 0.05) is 16.7 Å². The van der Waals surface area contributed by atoms with Gasteiger partial charge in [-0.05, 0) is 27.0 Å². The van der Waals surface area contributed by atoms with Gasteiger partial charge in [0.15, 0.2) is 11.5 Å². The number of halogens is 4. The van der Waals surface area contributed by atoms with E-state index in [1.54, 1.807) is 13.8 Å². The number of benzene rings is 1. The Morgan fingerprint density at radius 1 is 1.15 bits per heavy atom. The van der Waals surface area contributed by atoms with Gasteiger partial charge in [-0.3, -0.25) is 0 Å². The van der Waals surface area contributed by atoms with Gasteiger partial charge in [0.2, 0.25) is 0 Å². The zero-order chi connectivity index (χ0) is 15.3. The Bertz CT molecular complexity index is 452. The molecule has 0 heterocycles. The summed E-state index contributed by atoms with van der Waals surface area (Å²) in [6.45, 7) is 4.19. The Labute approximate surface area is 121 Å². The first-order chi connectivity index (χ1) is 9.35. The van der Waals surface area contributed by atoms with Gasteiger partial charge in [-0.15, -0.1) is 0 Å². The second-order valence-electron chi connectivity index (χ2n) is 3.95. The molecule has 0 amide bonds. The van der Waals surface area contributed by atoms with Crippen LogP contribution in [0.5, 0.6) is 11.5 Å². The summed E-state index contributed by atoms with van der Waals surface area (Å²) in [7, 11) is 1.23. The van der Waals surface area contributed by atoms with Gasteiger partial charge >= 0.3 is 6.18 Å². The summed E-state index contributed by atoms with van der Waals surface area (Å²) in [5, 5.41) is 2.19. The molecule has 1 aromatic rings. The van der Waals surface area contributed by atoms with Crippen LogP contribution in [0.4, 0.5) is 13.2 Å². The lowest BCUT2D eigenvalue weighted by molar-refractivity contribution is -0.156. The van der Waals surface area contributed by atoms with Crippen molar-refractivity contribution >= 4 is 11.6 Å². The number of hydrogen-bond acceptors (Lipinski definition) is 3. The second kappa shape index (κ2) is 7.04. The largest absolute Gasteiger partial charge is 0.490 e. The van der Waals surface area contributed by atoms with Crippen LogP contribution in [0.2, 0.25) is 5.02 Å². The molecule has 0 spiro atoms. The minimum Gasteiger partial charge on any atom is -0.490 e. The van der Waals surface area contributed by atoms with Crippen molar-refractivity contribution in [3.63, 3.8) is 0 Å². The maximum Gasteiger partial charge on any atom is 0.407 e. The average Bonchev–Trinajstić information content (AvgIpc) is 2.34. The molecule has 0 radical (unpaired) electrons. The first-order valence-corrected chi connectivity index (χ1v) is 6.55. The normalized spacial score (nSPS) is 13.2. The molecule has 1 unspecified atom stereocenters. The van der Waals surface area contributed by atoms with Gasteiger partial charge in [0.1, 0.15) is 6.04 Å². The fourth-order valence-electron chi connectivity index (χ4n) is 1.80.